The highest BCUT2D eigenvalue weighted by molar-refractivity contribution is 9.10. The van der Waals surface area contributed by atoms with Crippen LogP contribution in [0.15, 0.2) is 67.1 Å². The quantitative estimate of drug-likeness (QED) is 0.210. The normalized spacial score (nSPS) is 12.8. The third-order valence-corrected chi connectivity index (χ3v) is 8.53. The van der Waals surface area contributed by atoms with Crippen LogP contribution in [-0.4, -0.2) is 18.8 Å². The highest BCUT2D eigenvalue weighted by atomic mass is 79.9. The molecule has 8 rings (SSSR count). The van der Waals surface area contributed by atoms with Gasteiger partial charge in [-0.3, -0.25) is 18.4 Å². The van der Waals surface area contributed by atoms with Crippen LogP contribution in [0.3, 0.4) is 0 Å². The van der Waals surface area contributed by atoms with Crippen molar-refractivity contribution < 1.29 is 0 Å². The van der Waals surface area contributed by atoms with Crippen LogP contribution in [0.4, 0.5) is 0 Å². The van der Waals surface area contributed by atoms with Crippen LogP contribution in [0.5, 0.6) is 0 Å². The number of nitrogens with zero attached hydrogens (tertiary/aromatic N) is 4. The Morgan fingerprint density at radius 2 is 1.36 bits per heavy atom. The molecule has 0 radical (unpaired) electrons. The molecular weight excluding hydrogens is 568 g/mol. The first-order valence-corrected chi connectivity index (χ1v) is 12.5. The van der Waals surface area contributed by atoms with Gasteiger partial charge in [-0.25, -0.2) is 9.97 Å². The highest BCUT2D eigenvalue weighted by Gasteiger charge is 2.24. The maximum Gasteiger partial charge on any atom is 0.274 e. The zero-order valence-corrected chi connectivity index (χ0v) is 20.4. The molecule has 0 spiro atoms. The van der Waals surface area contributed by atoms with E-state index in [2.05, 4.69) is 31.9 Å². The summed E-state index contributed by atoms with van der Waals surface area (Å²) in [6.45, 7) is 0. The van der Waals surface area contributed by atoms with E-state index in [0.717, 1.165) is 51.9 Å². The molecule has 0 bridgehead atoms. The van der Waals surface area contributed by atoms with Crippen molar-refractivity contribution in [3.05, 3.63) is 78.2 Å². The van der Waals surface area contributed by atoms with Crippen molar-refractivity contribution in [2.24, 2.45) is 0 Å². The topological polar surface area (TPSA) is 68.7 Å². The molecule has 0 N–H and O–H groups in total. The van der Waals surface area contributed by atoms with Gasteiger partial charge in [0.1, 0.15) is 10.3 Å². The van der Waals surface area contributed by atoms with Crippen molar-refractivity contribution in [1.82, 2.24) is 18.8 Å². The van der Waals surface area contributed by atoms with Crippen molar-refractivity contribution in [3.63, 3.8) is 0 Å². The first-order valence-electron chi connectivity index (χ1n) is 10.1. The number of hydrogen-bond donors (Lipinski definition) is 0. The molecule has 33 heavy (non-hydrogen) atoms. The Bertz CT molecular complexity index is 2260. The molecule has 5 heterocycles. The lowest BCUT2D eigenvalue weighted by Crippen LogP contribution is -2.13. The molecule has 156 valence electrons. The van der Waals surface area contributed by atoms with Crippen LogP contribution < -0.4 is 11.1 Å². The summed E-state index contributed by atoms with van der Waals surface area (Å²) in [5, 5.41) is 3.04. The number of thiophene rings is 1. The van der Waals surface area contributed by atoms with Crippen molar-refractivity contribution >= 4 is 108 Å². The van der Waals surface area contributed by atoms with Crippen LogP contribution in [0, 0.1) is 0 Å². The predicted octanol–water partition coefficient (Wildman–Crippen LogP) is 5.93. The van der Waals surface area contributed by atoms with Gasteiger partial charge in [0, 0.05) is 30.5 Å². The fourth-order valence-electron chi connectivity index (χ4n) is 5.02. The van der Waals surface area contributed by atoms with E-state index in [1.807, 2.05) is 48.5 Å². The van der Waals surface area contributed by atoms with E-state index in [9.17, 15) is 9.59 Å². The standard InChI is InChI=1S/C24H8Br2N4O2S/c25-9-2-6-15-14(7-9)28-22-19-18-12(23(31)29(15)22)4-3-11-17(18)20(33-19)24(32)30-16-8-10(26)1-5-13(16)27-21(11)30/h1-8H. The molecule has 5 aromatic heterocycles. The predicted molar refractivity (Wildman–Crippen MR) is 140 cm³/mol. The second-order valence-corrected chi connectivity index (χ2v) is 10.9. The Morgan fingerprint density at radius 3 is 2.24 bits per heavy atom. The lowest BCUT2D eigenvalue weighted by molar-refractivity contribution is 1.19. The number of imidazole rings is 2. The summed E-state index contributed by atoms with van der Waals surface area (Å²) in [6, 6.07) is 15.2. The zero-order chi connectivity index (χ0) is 22.2. The molecule has 0 atom stereocenters. The molecule has 0 unspecified atom stereocenters. The maximum atomic E-state index is 13.8. The maximum absolute atomic E-state index is 13.8. The third kappa shape index (κ3) is 2.09. The first-order chi connectivity index (χ1) is 16.0. The van der Waals surface area contributed by atoms with E-state index in [-0.39, 0.29) is 11.1 Å². The molecule has 8 aromatic rings. The Labute approximate surface area is 203 Å². The van der Waals surface area contributed by atoms with Crippen molar-refractivity contribution in [1.29, 1.82) is 0 Å². The smallest absolute Gasteiger partial charge is 0.268 e. The zero-order valence-electron chi connectivity index (χ0n) is 16.4. The number of hydrogen-bond acceptors (Lipinski definition) is 5. The number of fused-ring (bicyclic) bond motifs is 8. The molecule has 0 saturated carbocycles. The van der Waals surface area contributed by atoms with Gasteiger partial charge in [-0.1, -0.05) is 31.9 Å². The lowest BCUT2D eigenvalue weighted by Gasteiger charge is -2.04. The third-order valence-electron chi connectivity index (χ3n) is 6.37. The average Bonchev–Trinajstić information content (AvgIpc) is 3.48. The number of pyridine rings is 2. The van der Waals surface area contributed by atoms with E-state index >= 15 is 0 Å². The van der Waals surface area contributed by atoms with Gasteiger partial charge < -0.3 is 0 Å². The van der Waals surface area contributed by atoms with E-state index in [0.29, 0.717) is 21.4 Å². The average molecular weight is 576 g/mol. The van der Waals surface area contributed by atoms with Crippen LogP contribution >= 0.6 is 43.2 Å². The summed E-state index contributed by atoms with van der Waals surface area (Å²) in [7, 11) is 0. The fraction of sp³-hybridized carbons (Fsp3) is 0. The van der Waals surface area contributed by atoms with Gasteiger partial charge in [0.2, 0.25) is 0 Å². The molecule has 0 fully saturated rings. The summed E-state index contributed by atoms with van der Waals surface area (Å²) in [6.07, 6.45) is 0. The van der Waals surface area contributed by atoms with E-state index < -0.39 is 0 Å². The van der Waals surface area contributed by atoms with Gasteiger partial charge in [0.15, 0.2) is 5.65 Å². The summed E-state index contributed by atoms with van der Waals surface area (Å²) in [5.41, 5.74) is 3.92. The van der Waals surface area contributed by atoms with Crippen molar-refractivity contribution in [2.45, 2.75) is 0 Å². The highest BCUT2D eigenvalue weighted by Crippen LogP contribution is 2.42. The van der Waals surface area contributed by atoms with Crippen LogP contribution in [0.25, 0.3) is 64.3 Å². The second-order valence-electron chi connectivity index (χ2n) is 8.09. The Morgan fingerprint density at radius 1 is 0.667 bits per heavy atom. The SMILES string of the molecule is O=c1c2sc3c4c(ccc(c24)c2nc4ccc(Br)cc4n12)c(=O)n1c2ccc(Br)cc2nc31. The summed E-state index contributed by atoms with van der Waals surface area (Å²) in [5.74, 6) is 0. The number of rotatable bonds is 0. The number of aromatic nitrogens is 4. The van der Waals surface area contributed by atoms with Gasteiger partial charge >= 0.3 is 0 Å². The largest absolute Gasteiger partial charge is 0.274 e. The van der Waals surface area contributed by atoms with Crippen LogP contribution in [-0.2, 0) is 0 Å². The molecule has 6 nitrogen and oxygen atoms in total. The van der Waals surface area contributed by atoms with Crippen LogP contribution in [0.1, 0.15) is 0 Å². The Hall–Kier alpha value is -3.14. The molecular formula is C24H8Br2N4O2S. The van der Waals surface area contributed by atoms with E-state index in [4.69, 9.17) is 9.97 Å². The van der Waals surface area contributed by atoms with Gasteiger partial charge in [0.05, 0.1) is 26.8 Å². The molecule has 9 heteroatoms. The Balaban J connectivity index is 1.70. The van der Waals surface area contributed by atoms with Crippen LogP contribution in [0.2, 0.25) is 0 Å². The van der Waals surface area contributed by atoms with E-state index in [1.54, 1.807) is 8.80 Å². The first kappa shape index (κ1) is 18.3. The monoisotopic (exact) mass is 574 g/mol. The van der Waals surface area contributed by atoms with Crippen molar-refractivity contribution in [2.75, 3.05) is 0 Å². The molecule has 0 aliphatic carbocycles. The summed E-state index contributed by atoms with van der Waals surface area (Å²) < 4.78 is 6.56. The van der Waals surface area contributed by atoms with Gasteiger partial charge in [-0.15, -0.1) is 11.3 Å². The number of halogens is 2. The summed E-state index contributed by atoms with van der Waals surface area (Å²) in [4.78, 5) is 36.9. The minimum absolute atomic E-state index is 0.128. The molecule has 0 aliphatic rings. The number of benzene rings is 3. The summed E-state index contributed by atoms with van der Waals surface area (Å²) >= 11 is 8.39. The van der Waals surface area contributed by atoms with Crippen molar-refractivity contribution in [3.8, 4) is 0 Å². The Kier molecular flexibility index (Phi) is 3.25. The van der Waals surface area contributed by atoms with Gasteiger partial charge in [-0.05, 0) is 48.5 Å². The fourth-order valence-corrected chi connectivity index (χ4v) is 6.96. The van der Waals surface area contributed by atoms with E-state index in [1.165, 1.54) is 11.3 Å². The van der Waals surface area contributed by atoms with Gasteiger partial charge in [-0.2, -0.15) is 0 Å². The van der Waals surface area contributed by atoms with Gasteiger partial charge in [0.25, 0.3) is 11.1 Å². The second kappa shape index (κ2) is 5.85. The lowest BCUT2D eigenvalue weighted by atomic mass is 10.0. The molecule has 0 aliphatic heterocycles. The molecule has 0 saturated heterocycles. The molecule has 0 amide bonds. The minimum Gasteiger partial charge on any atom is -0.268 e. The molecule has 3 aromatic carbocycles. The minimum atomic E-state index is -0.131.